The van der Waals surface area contributed by atoms with Gasteiger partial charge < -0.3 is 5.32 Å². The molecule has 1 N–H and O–H groups in total. The number of hydrogen-bond donors (Lipinski definition) is 1. The zero-order valence-corrected chi connectivity index (χ0v) is 11.0. The predicted octanol–water partition coefficient (Wildman–Crippen LogP) is 2.99. The summed E-state index contributed by atoms with van der Waals surface area (Å²) in [5, 5.41) is 7.31. The van der Waals surface area contributed by atoms with Crippen molar-refractivity contribution >= 4 is 28.8 Å². The standard InChI is InChI=1S/C11H11Cl2FN4/c12-10-9(14)11(13)18-8(16-10)5-7(17-18)6-3-1-2-4-15-6/h5-6,15H,1-4H2/t6-/m0/s1. The molecule has 1 fully saturated rings. The number of hydrogen-bond acceptors (Lipinski definition) is 3. The minimum Gasteiger partial charge on any atom is -0.309 e. The zero-order chi connectivity index (χ0) is 12.7. The lowest BCUT2D eigenvalue weighted by Crippen LogP contribution is -2.27. The van der Waals surface area contributed by atoms with Crippen LogP contribution in [0, 0.1) is 5.82 Å². The van der Waals surface area contributed by atoms with Crippen LogP contribution in [0.1, 0.15) is 31.0 Å². The summed E-state index contributed by atoms with van der Waals surface area (Å²) in [4.78, 5) is 3.93. The van der Waals surface area contributed by atoms with Crippen LogP contribution < -0.4 is 5.32 Å². The van der Waals surface area contributed by atoms with Gasteiger partial charge in [-0.05, 0) is 19.4 Å². The van der Waals surface area contributed by atoms with E-state index in [1.54, 1.807) is 6.07 Å². The van der Waals surface area contributed by atoms with Crippen LogP contribution in [0.5, 0.6) is 0 Å². The molecule has 4 nitrogen and oxygen atoms in total. The van der Waals surface area contributed by atoms with Gasteiger partial charge in [0.25, 0.3) is 0 Å². The quantitative estimate of drug-likeness (QED) is 0.821. The van der Waals surface area contributed by atoms with Crippen molar-refractivity contribution in [3.8, 4) is 0 Å². The van der Waals surface area contributed by atoms with Crippen LogP contribution in [-0.2, 0) is 0 Å². The van der Waals surface area contributed by atoms with Crippen LogP contribution in [0.15, 0.2) is 6.07 Å². The average molecular weight is 289 g/mol. The predicted molar refractivity (Wildman–Crippen MR) is 67.6 cm³/mol. The van der Waals surface area contributed by atoms with Gasteiger partial charge in [0.2, 0.25) is 0 Å². The number of nitrogens with zero attached hydrogens (tertiary/aromatic N) is 3. The first-order valence-corrected chi connectivity index (χ1v) is 6.56. The van der Waals surface area contributed by atoms with E-state index < -0.39 is 5.82 Å². The van der Waals surface area contributed by atoms with Crippen LogP contribution in [0.4, 0.5) is 4.39 Å². The van der Waals surface area contributed by atoms with Gasteiger partial charge in [0.15, 0.2) is 21.8 Å². The molecule has 0 aliphatic carbocycles. The Labute approximate surface area is 113 Å². The van der Waals surface area contributed by atoms with Crippen molar-refractivity contribution in [2.24, 2.45) is 0 Å². The first kappa shape index (κ1) is 12.1. The molecule has 0 aromatic carbocycles. The van der Waals surface area contributed by atoms with E-state index in [-0.39, 0.29) is 16.3 Å². The van der Waals surface area contributed by atoms with E-state index in [1.165, 1.54) is 10.9 Å². The summed E-state index contributed by atoms with van der Waals surface area (Å²) in [5.41, 5.74) is 1.29. The molecule has 1 atom stereocenters. The second kappa shape index (κ2) is 4.64. The summed E-state index contributed by atoms with van der Waals surface area (Å²) < 4.78 is 14.8. The highest BCUT2D eigenvalue weighted by Crippen LogP contribution is 2.26. The van der Waals surface area contributed by atoms with Gasteiger partial charge in [0.05, 0.1) is 11.7 Å². The van der Waals surface area contributed by atoms with Gasteiger partial charge in [-0.15, -0.1) is 0 Å². The Bertz CT molecular complexity index is 592. The fraction of sp³-hybridized carbons (Fsp3) is 0.455. The summed E-state index contributed by atoms with van der Waals surface area (Å²) in [7, 11) is 0. The van der Waals surface area contributed by atoms with Crippen molar-refractivity contribution in [1.29, 1.82) is 0 Å². The molecule has 0 saturated carbocycles. The molecule has 0 spiro atoms. The zero-order valence-electron chi connectivity index (χ0n) is 9.46. The van der Waals surface area contributed by atoms with Gasteiger partial charge in [0, 0.05) is 6.07 Å². The Hall–Kier alpha value is -0.910. The largest absolute Gasteiger partial charge is 0.309 e. The Morgan fingerprint density at radius 2 is 2.22 bits per heavy atom. The Balaban J connectivity index is 2.07. The van der Waals surface area contributed by atoms with E-state index in [4.69, 9.17) is 23.2 Å². The number of rotatable bonds is 1. The molecule has 1 saturated heterocycles. The molecule has 3 rings (SSSR count). The third kappa shape index (κ3) is 1.96. The van der Waals surface area contributed by atoms with Gasteiger partial charge >= 0.3 is 0 Å². The molecular formula is C11H11Cl2FN4. The molecule has 2 aromatic rings. The second-order valence-electron chi connectivity index (χ2n) is 4.35. The summed E-state index contributed by atoms with van der Waals surface area (Å²) in [6.07, 6.45) is 3.34. The summed E-state index contributed by atoms with van der Waals surface area (Å²) in [6, 6.07) is 1.97. The molecule has 0 radical (unpaired) electrons. The monoisotopic (exact) mass is 288 g/mol. The van der Waals surface area contributed by atoms with Crippen molar-refractivity contribution in [3.05, 3.63) is 27.9 Å². The maximum Gasteiger partial charge on any atom is 0.197 e. The van der Waals surface area contributed by atoms with Crippen molar-refractivity contribution < 1.29 is 4.39 Å². The van der Waals surface area contributed by atoms with Crippen molar-refractivity contribution in [2.45, 2.75) is 25.3 Å². The van der Waals surface area contributed by atoms with Gasteiger partial charge in [-0.3, -0.25) is 0 Å². The van der Waals surface area contributed by atoms with Crippen LogP contribution in [0.2, 0.25) is 10.3 Å². The van der Waals surface area contributed by atoms with E-state index in [1.807, 2.05) is 0 Å². The molecule has 0 amide bonds. The third-order valence-electron chi connectivity index (χ3n) is 3.14. The molecule has 1 aliphatic rings. The first-order valence-electron chi connectivity index (χ1n) is 5.80. The molecule has 2 aromatic heterocycles. The summed E-state index contributed by atoms with van der Waals surface area (Å²) >= 11 is 11.5. The lowest BCUT2D eigenvalue weighted by atomic mass is 10.0. The number of aromatic nitrogens is 3. The molecule has 7 heteroatoms. The fourth-order valence-electron chi connectivity index (χ4n) is 2.22. The minimum absolute atomic E-state index is 0.132. The van der Waals surface area contributed by atoms with Crippen molar-refractivity contribution in [1.82, 2.24) is 19.9 Å². The van der Waals surface area contributed by atoms with Gasteiger partial charge in [-0.25, -0.2) is 13.9 Å². The number of nitrogens with one attached hydrogen (secondary N) is 1. The summed E-state index contributed by atoms with van der Waals surface area (Å²) in [5.74, 6) is -0.739. The van der Waals surface area contributed by atoms with Gasteiger partial charge in [0.1, 0.15) is 0 Å². The van der Waals surface area contributed by atoms with E-state index in [0.717, 1.165) is 25.1 Å². The third-order valence-corrected chi connectivity index (χ3v) is 3.71. The van der Waals surface area contributed by atoms with E-state index in [0.29, 0.717) is 5.65 Å². The van der Waals surface area contributed by atoms with Crippen LogP contribution >= 0.6 is 23.2 Å². The molecule has 96 valence electrons. The SMILES string of the molecule is Fc1c(Cl)nc2cc([C@@H]3CCCCN3)nn2c1Cl. The topological polar surface area (TPSA) is 42.2 Å². The summed E-state index contributed by atoms with van der Waals surface area (Å²) in [6.45, 7) is 0.967. The first-order chi connectivity index (χ1) is 8.66. The highest BCUT2D eigenvalue weighted by molar-refractivity contribution is 6.33. The number of fused-ring (bicyclic) bond motifs is 1. The lowest BCUT2D eigenvalue weighted by Gasteiger charge is -2.21. The molecule has 1 aliphatic heterocycles. The van der Waals surface area contributed by atoms with E-state index in [2.05, 4.69) is 15.4 Å². The maximum atomic E-state index is 13.5. The average Bonchev–Trinajstić information content (AvgIpc) is 2.81. The van der Waals surface area contributed by atoms with Crippen LogP contribution in [-0.4, -0.2) is 21.1 Å². The normalized spacial score (nSPS) is 20.5. The fourth-order valence-corrected chi connectivity index (χ4v) is 2.65. The van der Waals surface area contributed by atoms with Crippen molar-refractivity contribution in [3.63, 3.8) is 0 Å². The van der Waals surface area contributed by atoms with E-state index in [9.17, 15) is 4.39 Å². The highest BCUT2D eigenvalue weighted by Gasteiger charge is 2.20. The second-order valence-corrected chi connectivity index (χ2v) is 5.07. The van der Waals surface area contributed by atoms with E-state index >= 15 is 0 Å². The Morgan fingerprint density at radius 1 is 1.39 bits per heavy atom. The Kier molecular flexibility index (Phi) is 3.13. The van der Waals surface area contributed by atoms with Crippen molar-refractivity contribution in [2.75, 3.05) is 6.54 Å². The maximum absolute atomic E-state index is 13.5. The van der Waals surface area contributed by atoms with Gasteiger partial charge in [-0.2, -0.15) is 5.10 Å². The molecule has 0 bridgehead atoms. The number of halogens is 3. The van der Waals surface area contributed by atoms with Crippen LogP contribution in [0.25, 0.3) is 5.65 Å². The smallest absolute Gasteiger partial charge is 0.197 e. The number of piperidine rings is 1. The van der Waals surface area contributed by atoms with Crippen LogP contribution in [0.3, 0.4) is 0 Å². The molecule has 0 unspecified atom stereocenters. The molecular weight excluding hydrogens is 278 g/mol. The lowest BCUT2D eigenvalue weighted by molar-refractivity contribution is 0.404. The molecule has 18 heavy (non-hydrogen) atoms. The minimum atomic E-state index is -0.739. The molecule has 3 heterocycles. The van der Waals surface area contributed by atoms with Gasteiger partial charge in [-0.1, -0.05) is 29.6 Å². The Morgan fingerprint density at radius 3 is 2.94 bits per heavy atom. The highest BCUT2D eigenvalue weighted by atomic mass is 35.5.